The van der Waals surface area contributed by atoms with Crippen molar-refractivity contribution in [2.45, 2.75) is 38.0 Å². The quantitative estimate of drug-likeness (QED) is 0.0579. The first-order valence-electron chi connectivity index (χ1n) is 12.1. The summed E-state index contributed by atoms with van der Waals surface area (Å²) in [4.78, 5) is 56.8. The van der Waals surface area contributed by atoms with E-state index in [1.807, 2.05) is 0 Å². The van der Waals surface area contributed by atoms with E-state index in [1.54, 1.807) is 36.4 Å². The van der Waals surface area contributed by atoms with Crippen LogP contribution in [-0.4, -0.2) is 67.8 Å². The van der Waals surface area contributed by atoms with E-state index in [-0.39, 0.29) is 49.1 Å². The molecule has 0 aliphatic rings. The monoisotopic (exact) mass is 555 g/mol. The van der Waals surface area contributed by atoms with Gasteiger partial charge in [-0.25, -0.2) is 19.7 Å². The predicted molar refractivity (Wildman–Crippen MR) is 142 cm³/mol. The van der Waals surface area contributed by atoms with Crippen molar-refractivity contribution in [1.29, 1.82) is 0 Å². The van der Waals surface area contributed by atoms with Crippen LogP contribution in [0, 0.1) is 10.1 Å². The molecule has 0 bridgehead atoms. The Morgan fingerprint density at radius 2 is 1.90 bits per heavy atom. The van der Waals surface area contributed by atoms with Crippen molar-refractivity contribution in [3.05, 3.63) is 76.0 Å². The largest absolute Gasteiger partial charge is 0.508 e. The van der Waals surface area contributed by atoms with Gasteiger partial charge in [0, 0.05) is 30.1 Å². The Hall–Kier alpha value is -5.34. The van der Waals surface area contributed by atoms with Gasteiger partial charge in [0.15, 0.2) is 17.0 Å². The molecule has 0 unspecified atom stereocenters. The first-order valence-corrected chi connectivity index (χ1v) is 12.1. The lowest BCUT2D eigenvalue weighted by Gasteiger charge is -2.24. The van der Waals surface area contributed by atoms with Crippen LogP contribution in [0.5, 0.6) is 5.75 Å². The number of aliphatic carboxylic acids is 1. The summed E-state index contributed by atoms with van der Waals surface area (Å²) in [5, 5.41) is 33.3. The zero-order valence-corrected chi connectivity index (χ0v) is 21.2. The van der Waals surface area contributed by atoms with Crippen LogP contribution in [-0.2, 0) is 27.4 Å². The van der Waals surface area contributed by atoms with E-state index < -0.39 is 35.1 Å². The molecule has 0 aliphatic heterocycles. The number of phenolic OH excluding ortho intramolecular Hbond substituents is 1. The third kappa shape index (κ3) is 7.83. The van der Waals surface area contributed by atoms with Crippen LogP contribution in [0.1, 0.15) is 24.0 Å². The highest BCUT2D eigenvalue weighted by Crippen LogP contribution is 2.24. The maximum atomic E-state index is 13.5. The van der Waals surface area contributed by atoms with Crippen LogP contribution < -0.4 is 16.8 Å². The maximum absolute atomic E-state index is 13.5. The number of guanidine groups is 1. The molecule has 212 valence electrons. The molecule has 3 aromatic rings. The number of carbonyl (C=O) groups is 3. The smallest absolute Gasteiger partial charge is 0.408 e. The Bertz CT molecular complexity index is 1390. The Balaban J connectivity index is 1.88. The SMILES string of the molecule is NC(N)=NCCC[C@@H](C(=O)O)N(C(=O)[C@H](Cc1c[nH]c2ccc(O)cc12)NC(=O)OCc1ccccc1)[N+](=O)[O-]. The molecule has 0 aliphatic carbocycles. The number of hydrazine groups is 1. The van der Waals surface area contributed by atoms with E-state index in [1.165, 1.54) is 18.3 Å². The van der Waals surface area contributed by atoms with Gasteiger partial charge in [0.05, 0.1) is 0 Å². The van der Waals surface area contributed by atoms with Gasteiger partial charge in [-0.15, -0.1) is 0 Å². The second kappa shape index (κ2) is 13.5. The van der Waals surface area contributed by atoms with Gasteiger partial charge in [-0.2, -0.15) is 0 Å². The molecule has 3 rings (SSSR count). The molecule has 2 aromatic carbocycles. The van der Waals surface area contributed by atoms with Crippen molar-refractivity contribution in [3.63, 3.8) is 0 Å². The summed E-state index contributed by atoms with van der Waals surface area (Å²) in [7, 11) is 0. The summed E-state index contributed by atoms with van der Waals surface area (Å²) < 4.78 is 5.19. The number of aromatic nitrogens is 1. The minimum absolute atomic E-state index is 0.0157. The number of hydrogen-bond donors (Lipinski definition) is 6. The lowest BCUT2D eigenvalue weighted by atomic mass is 10.0. The molecule has 1 heterocycles. The Morgan fingerprint density at radius 1 is 1.18 bits per heavy atom. The van der Waals surface area contributed by atoms with Gasteiger partial charge >= 0.3 is 18.0 Å². The molecule has 2 amide bonds. The number of fused-ring (bicyclic) bond motifs is 1. The number of ether oxygens (including phenoxy) is 1. The Morgan fingerprint density at radius 3 is 2.55 bits per heavy atom. The van der Waals surface area contributed by atoms with Gasteiger partial charge in [-0.3, -0.25) is 9.79 Å². The molecule has 1 aromatic heterocycles. The lowest BCUT2D eigenvalue weighted by Crippen LogP contribution is -2.56. The number of alkyl carbamates (subject to hydrolysis) is 1. The van der Waals surface area contributed by atoms with Gasteiger partial charge in [0.25, 0.3) is 0 Å². The van der Waals surface area contributed by atoms with Crippen LogP contribution in [0.3, 0.4) is 0 Å². The number of rotatable bonds is 13. The standard InChI is InChI=1S/C25H29N7O8/c26-24(27)28-10-4-7-21(23(35)36)31(32(38)39)22(34)20(30-25(37)40-14-15-5-2-1-3-6-15)11-16-13-29-19-9-8-17(33)12-18(16)19/h1-3,5-6,8-9,12-13,20-21,29,33H,4,7,10-11,14H2,(H,30,37)(H,35,36)(H4,26,27,28)/t20-,21-/m0/s1. The highest BCUT2D eigenvalue weighted by atomic mass is 16.7. The number of aliphatic imine (C=N–C) groups is 1. The predicted octanol–water partition coefficient (Wildman–Crippen LogP) is 1.24. The van der Waals surface area contributed by atoms with Crippen molar-refractivity contribution >= 4 is 34.8 Å². The molecule has 8 N–H and O–H groups in total. The number of carbonyl (C=O) groups excluding carboxylic acids is 2. The number of nitro groups is 1. The van der Waals surface area contributed by atoms with E-state index in [0.717, 1.165) is 0 Å². The normalized spacial score (nSPS) is 12.2. The van der Waals surface area contributed by atoms with E-state index in [9.17, 15) is 34.7 Å². The van der Waals surface area contributed by atoms with Crippen LogP contribution >= 0.6 is 0 Å². The minimum atomic E-state index is -1.88. The van der Waals surface area contributed by atoms with E-state index in [0.29, 0.717) is 22.0 Å². The van der Waals surface area contributed by atoms with Crippen molar-refractivity contribution in [2.24, 2.45) is 16.5 Å². The summed E-state index contributed by atoms with van der Waals surface area (Å²) in [6.07, 6.45) is -0.140. The number of aromatic hydroxyl groups is 1. The first-order chi connectivity index (χ1) is 19.1. The van der Waals surface area contributed by atoms with Crippen molar-refractivity contribution < 1.29 is 34.4 Å². The first kappa shape index (κ1) is 29.2. The van der Waals surface area contributed by atoms with E-state index in [4.69, 9.17) is 16.2 Å². The van der Waals surface area contributed by atoms with Gasteiger partial charge < -0.3 is 36.7 Å². The Kier molecular flexibility index (Phi) is 9.83. The number of nitrogens with zero attached hydrogens (tertiary/aromatic N) is 3. The number of carboxylic acid groups (broad SMARTS) is 1. The van der Waals surface area contributed by atoms with E-state index in [2.05, 4.69) is 15.3 Å². The lowest BCUT2D eigenvalue weighted by molar-refractivity contribution is -0.640. The van der Waals surface area contributed by atoms with Gasteiger partial charge in [0.2, 0.25) is 0 Å². The van der Waals surface area contributed by atoms with Crippen molar-refractivity contribution in [2.75, 3.05) is 6.54 Å². The number of nitrogens with one attached hydrogen (secondary N) is 2. The zero-order valence-electron chi connectivity index (χ0n) is 21.2. The molecule has 0 radical (unpaired) electrons. The average Bonchev–Trinajstić information content (AvgIpc) is 3.30. The maximum Gasteiger partial charge on any atom is 0.408 e. The summed E-state index contributed by atoms with van der Waals surface area (Å²) >= 11 is 0. The molecular formula is C25H29N7O8. The van der Waals surface area contributed by atoms with Crippen molar-refractivity contribution in [3.8, 4) is 5.75 Å². The fraction of sp³-hybridized carbons (Fsp3) is 0.280. The molecular weight excluding hydrogens is 526 g/mol. The summed E-state index contributed by atoms with van der Waals surface area (Å²) in [5.41, 5.74) is 12.2. The van der Waals surface area contributed by atoms with E-state index >= 15 is 0 Å². The molecule has 0 spiro atoms. The second-order valence-electron chi connectivity index (χ2n) is 8.73. The van der Waals surface area contributed by atoms with Crippen LogP contribution in [0.15, 0.2) is 59.7 Å². The average molecular weight is 556 g/mol. The highest BCUT2D eigenvalue weighted by Gasteiger charge is 2.42. The molecule has 0 fully saturated rings. The van der Waals surface area contributed by atoms with Crippen LogP contribution in [0.4, 0.5) is 4.79 Å². The number of H-pyrrole nitrogens is 1. The second-order valence-corrected chi connectivity index (χ2v) is 8.73. The minimum Gasteiger partial charge on any atom is -0.508 e. The molecule has 2 atom stereocenters. The zero-order chi connectivity index (χ0) is 29.2. The number of aromatic amines is 1. The third-order valence-corrected chi connectivity index (χ3v) is 5.89. The number of carboxylic acids is 1. The number of nitrogens with two attached hydrogens (primary N) is 2. The summed E-state index contributed by atoms with van der Waals surface area (Å²) in [5.74, 6) is -3.22. The fourth-order valence-corrected chi connectivity index (χ4v) is 4.01. The number of phenols is 1. The molecule has 0 saturated heterocycles. The van der Waals surface area contributed by atoms with Gasteiger partial charge in [-0.1, -0.05) is 30.3 Å². The van der Waals surface area contributed by atoms with Gasteiger partial charge in [0.1, 0.15) is 18.4 Å². The third-order valence-electron chi connectivity index (χ3n) is 5.89. The summed E-state index contributed by atoms with van der Waals surface area (Å²) in [6.45, 7) is -0.159. The molecule has 15 heteroatoms. The van der Waals surface area contributed by atoms with Gasteiger partial charge in [-0.05, 0) is 47.2 Å². The van der Waals surface area contributed by atoms with Crippen LogP contribution in [0.25, 0.3) is 10.9 Å². The molecule has 40 heavy (non-hydrogen) atoms. The van der Waals surface area contributed by atoms with Crippen molar-refractivity contribution in [1.82, 2.24) is 15.3 Å². The molecule has 15 nitrogen and oxygen atoms in total. The number of amides is 2. The topological polar surface area (TPSA) is 239 Å². The fourth-order valence-electron chi connectivity index (χ4n) is 4.01. The van der Waals surface area contributed by atoms with Crippen LogP contribution in [0.2, 0.25) is 0 Å². The number of benzene rings is 2. The number of hydrogen-bond acceptors (Lipinski definition) is 8. The molecule has 0 saturated carbocycles. The highest BCUT2D eigenvalue weighted by molar-refractivity contribution is 5.90. The Labute approximate surface area is 227 Å². The summed E-state index contributed by atoms with van der Waals surface area (Å²) in [6, 6.07) is 9.65.